The van der Waals surface area contributed by atoms with Crippen molar-refractivity contribution in [2.24, 2.45) is 0 Å². The van der Waals surface area contributed by atoms with Crippen LogP contribution in [-0.2, 0) is 0 Å². The third kappa shape index (κ3) is 5.36. The van der Waals surface area contributed by atoms with E-state index in [0.29, 0.717) is 31.0 Å². The number of ether oxygens (including phenoxy) is 3. The maximum Gasteiger partial charge on any atom is 0.161 e. The molecule has 0 bridgehead atoms. The van der Waals surface area contributed by atoms with Gasteiger partial charge in [-0.3, -0.25) is 4.90 Å². The SMILES string of the molecule is CCN(CC(O)COc1ccc(C#N)cc1)CC1COc2ccccc2O1. The Balaban J connectivity index is 1.46. The van der Waals surface area contributed by atoms with Crippen LogP contribution in [0.25, 0.3) is 0 Å². The van der Waals surface area contributed by atoms with Crippen LogP contribution in [0.4, 0.5) is 0 Å². The molecule has 1 aliphatic heterocycles. The lowest BCUT2D eigenvalue weighted by atomic mass is 10.2. The Bertz CT molecular complexity index is 772. The highest BCUT2D eigenvalue weighted by atomic mass is 16.6. The van der Waals surface area contributed by atoms with Gasteiger partial charge in [-0.05, 0) is 42.9 Å². The summed E-state index contributed by atoms with van der Waals surface area (Å²) in [5, 5.41) is 19.1. The van der Waals surface area contributed by atoms with E-state index >= 15 is 0 Å². The van der Waals surface area contributed by atoms with E-state index in [1.165, 1.54) is 0 Å². The van der Waals surface area contributed by atoms with Crippen molar-refractivity contribution in [3.63, 3.8) is 0 Å². The summed E-state index contributed by atoms with van der Waals surface area (Å²) in [7, 11) is 0. The van der Waals surface area contributed by atoms with Crippen molar-refractivity contribution >= 4 is 0 Å². The fraction of sp³-hybridized carbons (Fsp3) is 0.381. The van der Waals surface area contributed by atoms with E-state index in [9.17, 15) is 5.11 Å². The molecule has 6 heteroatoms. The van der Waals surface area contributed by atoms with Crippen molar-refractivity contribution in [1.29, 1.82) is 5.26 Å². The van der Waals surface area contributed by atoms with Gasteiger partial charge in [0, 0.05) is 13.1 Å². The molecule has 0 aromatic heterocycles. The van der Waals surface area contributed by atoms with Gasteiger partial charge in [-0.15, -0.1) is 0 Å². The topological polar surface area (TPSA) is 75.0 Å². The van der Waals surface area contributed by atoms with Crippen LogP contribution in [0.2, 0.25) is 0 Å². The average molecular weight is 368 g/mol. The molecular weight excluding hydrogens is 344 g/mol. The second kappa shape index (κ2) is 9.26. The molecular formula is C21H24N2O4. The normalized spacial score (nSPS) is 16.6. The van der Waals surface area contributed by atoms with Gasteiger partial charge >= 0.3 is 0 Å². The van der Waals surface area contributed by atoms with Crippen molar-refractivity contribution in [1.82, 2.24) is 4.90 Å². The quantitative estimate of drug-likeness (QED) is 0.771. The van der Waals surface area contributed by atoms with Crippen molar-refractivity contribution < 1.29 is 19.3 Å². The molecule has 2 atom stereocenters. The Morgan fingerprint density at radius 3 is 2.67 bits per heavy atom. The van der Waals surface area contributed by atoms with Gasteiger partial charge in [0.05, 0.1) is 11.6 Å². The number of likely N-dealkylation sites (N-methyl/N-ethyl adjacent to an activating group) is 1. The summed E-state index contributed by atoms with van der Waals surface area (Å²) in [4.78, 5) is 2.12. The number of fused-ring (bicyclic) bond motifs is 1. The Morgan fingerprint density at radius 2 is 1.96 bits per heavy atom. The number of hydrogen-bond acceptors (Lipinski definition) is 6. The maximum atomic E-state index is 10.3. The molecule has 0 radical (unpaired) electrons. The molecule has 0 amide bonds. The van der Waals surface area contributed by atoms with E-state index in [4.69, 9.17) is 19.5 Å². The molecule has 1 heterocycles. The fourth-order valence-corrected chi connectivity index (χ4v) is 2.94. The van der Waals surface area contributed by atoms with Gasteiger partial charge in [-0.2, -0.15) is 5.26 Å². The number of aliphatic hydroxyl groups is 1. The molecule has 2 aromatic rings. The fourth-order valence-electron chi connectivity index (χ4n) is 2.94. The Labute approximate surface area is 159 Å². The van der Waals surface area contributed by atoms with Crippen molar-refractivity contribution in [2.75, 3.05) is 32.8 Å². The molecule has 0 saturated carbocycles. The van der Waals surface area contributed by atoms with E-state index in [-0.39, 0.29) is 12.7 Å². The molecule has 2 unspecified atom stereocenters. The van der Waals surface area contributed by atoms with E-state index in [2.05, 4.69) is 11.0 Å². The Kier molecular flexibility index (Phi) is 6.53. The lowest BCUT2D eigenvalue weighted by Gasteiger charge is -2.31. The largest absolute Gasteiger partial charge is 0.491 e. The number of para-hydroxylation sites is 2. The van der Waals surface area contributed by atoms with Gasteiger partial charge in [-0.1, -0.05) is 19.1 Å². The van der Waals surface area contributed by atoms with Crippen LogP contribution in [0, 0.1) is 11.3 Å². The molecule has 27 heavy (non-hydrogen) atoms. The van der Waals surface area contributed by atoms with Crippen LogP contribution < -0.4 is 14.2 Å². The molecule has 2 aromatic carbocycles. The zero-order valence-corrected chi connectivity index (χ0v) is 15.4. The highest BCUT2D eigenvalue weighted by Gasteiger charge is 2.23. The molecule has 0 spiro atoms. The standard InChI is InChI=1S/C21H24N2O4/c1-2-23(13-19-15-26-20-5-3-4-6-21(20)27-19)12-17(24)14-25-18-9-7-16(11-22)8-10-18/h3-10,17,19,24H,2,12-15H2,1H3. The number of rotatable bonds is 8. The molecule has 0 aliphatic carbocycles. The van der Waals surface area contributed by atoms with Gasteiger partial charge in [-0.25, -0.2) is 0 Å². The molecule has 1 N–H and O–H groups in total. The van der Waals surface area contributed by atoms with Crippen molar-refractivity contribution in [3.05, 3.63) is 54.1 Å². The molecule has 142 valence electrons. The first kappa shape index (κ1) is 19.0. The Hall–Kier alpha value is -2.75. The molecule has 3 rings (SSSR count). The zero-order chi connectivity index (χ0) is 19.1. The first-order valence-electron chi connectivity index (χ1n) is 9.09. The number of nitriles is 1. The van der Waals surface area contributed by atoms with Gasteiger partial charge < -0.3 is 19.3 Å². The van der Waals surface area contributed by atoms with E-state index in [1.54, 1.807) is 24.3 Å². The zero-order valence-electron chi connectivity index (χ0n) is 15.4. The van der Waals surface area contributed by atoms with E-state index < -0.39 is 6.10 Å². The maximum absolute atomic E-state index is 10.3. The van der Waals surface area contributed by atoms with E-state index in [1.807, 2.05) is 31.2 Å². The lowest BCUT2D eigenvalue weighted by molar-refractivity contribution is 0.0300. The summed E-state index contributed by atoms with van der Waals surface area (Å²) in [6.45, 7) is 4.66. The summed E-state index contributed by atoms with van der Waals surface area (Å²) in [5.41, 5.74) is 0.580. The molecule has 6 nitrogen and oxygen atoms in total. The summed E-state index contributed by atoms with van der Waals surface area (Å²) in [5.74, 6) is 2.17. The monoisotopic (exact) mass is 368 g/mol. The van der Waals surface area contributed by atoms with Crippen LogP contribution in [-0.4, -0.2) is 55.1 Å². The third-order valence-electron chi connectivity index (χ3n) is 4.37. The molecule has 1 aliphatic rings. The summed E-state index contributed by atoms with van der Waals surface area (Å²) in [6, 6.07) is 16.6. The van der Waals surface area contributed by atoms with Crippen LogP contribution in [0.1, 0.15) is 12.5 Å². The lowest BCUT2D eigenvalue weighted by Crippen LogP contribution is -2.44. The average Bonchev–Trinajstić information content (AvgIpc) is 2.72. The highest BCUT2D eigenvalue weighted by molar-refractivity contribution is 5.40. The smallest absolute Gasteiger partial charge is 0.161 e. The van der Waals surface area contributed by atoms with Crippen molar-refractivity contribution in [2.45, 2.75) is 19.1 Å². The molecule has 0 saturated heterocycles. The number of benzene rings is 2. The van der Waals surface area contributed by atoms with Gasteiger partial charge in [0.15, 0.2) is 11.5 Å². The summed E-state index contributed by atoms with van der Waals surface area (Å²) in [6.07, 6.45) is -0.705. The Morgan fingerprint density at radius 1 is 1.22 bits per heavy atom. The van der Waals surface area contributed by atoms with Gasteiger partial charge in [0.25, 0.3) is 0 Å². The van der Waals surface area contributed by atoms with E-state index in [0.717, 1.165) is 18.0 Å². The summed E-state index contributed by atoms with van der Waals surface area (Å²) < 4.78 is 17.3. The predicted octanol–water partition coefficient (Wildman–Crippen LogP) is 2.46. The number of nitrogens with zero attached hydrogens (tertiary/aromatic N) is 2. The van der Waals surface area contributed by atoms with Gasteiger partial charge in [0.2, 0.25) is 0 Å². The minimum atomic E-state index is -0.627. The minimum Gasteiger partial charge on any atom is -0.491 e. The number of aliphatic hydroxyl groups excluding tert-OH is 1. The van der Waals surface area contributed by atoms with Crippen LogP contribution in [0.3, 0.4) is 0 Å². The second-order valence-electron chi connectivity index (χ2n) is 6.45. The third-order valence-corrected chi connectivity index (χ3v) is 4.37. The highest BCUT2D eigenvalue weighted by Crippen LogP contribution is 2.31. The van der Waals surface area contributed by atoms with Crippen molar-refractivity contribution in [3.8, 4) is 23.3 Å². The summed E-state index contributed by atoms with van der Waals surface area (Å²) >= 11 is 0. The van der Waals surface area contributed by atoms with Crippen LogP contribution in [0.5, 0.6) is 17.2 Å². The minimum absolute atomic E-state index is 0.0773. The predicted molar refractivity (Wildman–Crippen MR) is 101 cm³/mol. The van der Waals surface area contributed by atoms with Crippen LogP contribution in [0.15, 0.2) is 48.5 Å². The number of hydrogen-bond donors (Lipinski definition) is 1. The first-order valence-corrected chi connectivity index (χ1v) is 9.09. The first-order chi connectivity index (χ1) is 13.2. The molecule has 0 fully saturated rings. The van der Waals surface area contributed by atoms with Gasteiger partial charge in [0.1, 0.15) is 31.2 Å². The second-order valence-corrected chi connectivity index (χ2v) is 6.45. The van der Waals surface area contributed by atoms with Crippen LogP contribution >= 0.6 is 0 Å².